The van der Waals surface area contributed by atoms with Gasteiger partial charge in [0.2, 0.25) is 0 Å². The number of nitrogens with zero attached hydrogens (tertiary/aromatic N) is 1. The molecule has 2 N–H and O–H groups in total. The van der Waals surface area contributed by atoms with Crippen molar-refractivity contribution in [3.63, 3.8) is 0 Å². The van der Waals surface area contributed by atoms with Crippen LogP contribution in [0.2, 0.25) is 0 Å². The fraction of sp³-hybridized carbons (Fsp3) is 0.438. The molecule has 0 radical (unpaired) electrons. The highest BCUT2D eigenvalue weighted by molar-refractivity contribution is 7.92. The van der Waals surface area contributed by atoms with Crippen molar-refractivity contribution in [3.8, 4) is 0 Å². The summed E-state index contributed by atoms with van der Waals surface area (Å²) in [4.78, 5) is 0.243. The first-order chi connectivity index (χ1) is 10.2. The summed E-state index contributed by atoms with van der Waals surface area (Å²) in [5.41, 5.74) is 1.90. The molecule has 0 fully saturated rings. The van der Waals surface area contributed by atoms with Crippen molar-refractivity contribution in [3.05, 3.63) is 41.6 Å². The molecule has 5 nitrogen and oxygen atoms in total. The minimum atomic E-state index is -3.61. The van der Waals surface area contributed by atoms with Gasteiger partial charge in [0.05, 0.1) is 4.90 Å². The third-order valence-electron chi connectivity index (χ3n) is 3.40. The topological polar surface area (TPSA) is 74.8 Å². The summed E-state index contributed by atoms with van der Waals surface area (Å²) in [7, 11) is -3.61. The maximum Gasteiger partial charge on any atom is 0.263 e. The van der Waals surface area contributed by atoms with E-state index in [1.165, 1.54) is 0 Å². The molecule has 1 heterocycles. The standard InChI is InChI=1S/C16H23N3O2S/c1-5-6-12-7-9-13(10-8-12)22(20,21)19-15-11-14(17-18-15)16(2,3)4/h7-11H,5-6H2,1-4H3,(H2,17,18,19). The number of nitrogens with one attached hydrogen (secondary N) is 2. The molecule has 0 aliphatic heterocycles. The maximum atomic E-state index is 12.4. The molecule has 1 aromatic heterocycles. The minimum Gasteiger partial charge on any atom is -0.280 e. The second kappa shape index (κ2) is 6.12. The average molecular weight is 321 g/mol. The number of H-pyrrole nitrogens is 1. The fourth-order valence-corrected chi connectivity index (χ4v) is 3.07. The highest BCUT2D eigenvalue weighted by Crippen LogP contribution is 2.23. The Bertz CT molecular complexity index is 725. The molecule has 6 heteroatoms. The second-order valence-corrected chi connectivity index (χ2v) is 8.10. The van der Waals surface area contributed by atoms with E-state index >= 15 is 0 Å². The van der Waals surface area contributed by atoms with Gasteiger partial charge in [-0.1, -0.05) is 46.2 Å². The van der Waals surface area contributed by atoms with E-state index in [1.54, 1.807) is 18.2 Å². The number of sulfonamides is 1. The van der Waals surface area contributed by atoms with Gasteiger partial charge in [0.25, 0.3) is 10.0 Å². The number of benzene rings is 1. The van der Waals surface area contributed by atoms with Crippen molar-refractivity contribution in [1.29, 1.82) is 0 Å². The number of anilines is 1. The number of aromatic nitrogens is 2. The summed E-state index contributed by atoms with van der Waals surface area (Å²) in [6.07, 6.45) is 1.98. The summed E-state index contributed by atoms with van der Waals surface area (Å²) in [6, 6.07) is 8.69. The second-order valence-electron chi connectivity index (χ2n) is 6.42. The molecule has 0 saturated heterocycles. The molecule has 0 aliphatic rings. The molecule has 2 rings (SSSR count). The number of rotatable bonds is 5. The molecule has 0 unspecified atom stereocenters. The Morgan fingerprint density at radius 1 is 1.18 bits per heavy atom. The summed E-state index contributed by atoms with van der Waals surface area (Å²) in [5.74, 6) is 0.308. The molecule has 0 atom stereocenters. The van der Waals surface area contributed by atoms with Crippen LogP contribution in [0, 0.1) is 0 Å². The first kappa shape index (κ1) is 16.5. The molecular formula is C16H23N3O2S. The van der Waals surface area contributed by atoms with Gasteiger partial charge in [-0.25, -0.2) is 8.42 Å². The predicted octanol–water partition coefficient (Wildman–Crippen LogP) is 3.46. The quantitative estimate of drug-likeness (QED) is 0.885. The van der Waals surface area contributed by atoms with Crippen LogP contribution in [0.25, 0.3) is 0 Å². The molecular weight excluding hydrogens is 298 g/mol. The van der Waals surface area contributed by atoms with E-state index < -0.39 is 10.0 Å². The zero-order valence-corrected chi connectivity index (χ0v) is 14.3. The first-order valence-electron chi connectivity index (χ1n) is 7.40. The SMILES string of the molecule is CCCc1ccc(S(=O)(=O)Nc2cc(C(C)(C)C)[nH]n2)cc1. The summed E-state index contributed by atoms with van der Waals surface area (Å²) in [5, 5.41) is 6.89. The monoisotopic (exact) mass is 321 g/mol. The molecule has 120 valence electrons. The van der Waals surface area contributed by atoms with Gasteiger partial charge in [-0.15, -0.1) is 0 Å². The van der Waals surface area contributed by atoms with Crippen LogP contribution in [0.3, 0.4) is 0 Å². The van der Waals surface area contributed by atoms with Gasteiger partial charge in [0.15, 0.2) is 5.82 Å². The third kappa shape index (κ3) is 3.88. The number of aryl methyl sites for hydroxylation is 1. The van der Waals surface area contributed by atoms with Crippen LogP contribution in [-0.4, -0.2) is 18.6 Å². The van der Waals surface area contributed by atoms with E-state index in [-0.39, 0.29) is 10.3 Å². The van der Waals surface area contributed by atoms with Crippen molar-refractivity contribution in [2.75, 3.05) is 4.72 Å². The van der Waals surface area contributed by atoms with Gasteiger partial charge >= 0.3 is 0 Å². The minimum absolute atomic E-state index is 0.113. The van der Waals surface area contributed by atoms with Crippen molar-refractivity contribution in [1.82, 2.24) is 10.2 Å². The highest BCUT2D eigenvalue weighted by atomic mass is 32.2. The lowest BCUT2D eigenvalue weighted by molar-refractivity contribution is 0.567. The average Bonchev–Trinajstić information content (AvgIpc) is 2.87. The van der Waals surface area contributed by atoms with Gasteiger partial charge in [0.1, 0.15) is 0 Å². The fourth-order valence-electron chi connectivity index (χ4n) is 2.08. The zero-order chi connectivity index (χ0) is 16.4. The zero-order valence-electron chi connectivity index (χ0n) is 13.5. The van der Waals surface area contributed by atoms with Gasteiger partial charge in [-0.2, -0.15) is 5.10 Å². The van der Waals surface area contributed by atoms with Crippen molar-refractivity contribution >= 4 is 15.8 Å². The largest absolute Gasteiger partial charge is 0.280 e. The molecule has 0 amide bonds. The normalized spacial score (nSPS) is 12.4. The Labute approximate surface area is 132 Å². The van der Waals surface area contributed by atoms with Gasteiger partial charge in [-0.05, 0) is 24.1 Å². The predicted molar refractivity (Wildman–Crippen MR) is 88.5 cm³/mol. The Morgan fingerprint density at radius 2 is 1.82 bits per heavy atom. The summed E-state index contributed by atoms with van der Waals surface area (Å²) >= 11 is 0. The van der Waals surface area contributed by atoms with Crippen molar-refractivity contribution in [2.24, 2.45) is 0 Å². The van der Waals surface area contributed by atoms with Crippen molar-refractivity contribution in [2.45, 2.75) is 50.8 Å². The molecule has 0 bridgehead atoms. The van der Waals surface area contributed by atoms with E-state index in [2.05, 4.69) is 21.8 Å². The van der Waals surface area contributed by atoms with Gasteiger partial charge in [0, 0.05) is 17.2 Å². The van der Waals surface area contributed by atoms with Gasteiger partial charge in [-0.3, -0.25) is 9.82 Å². The Balaban J connectivity index is 2.18. The van der Waals surface area contributed by atoms with Crippen LogP contribution >= 0.6 is 0 Å². The van der Waals surface area contributed by atoms with Crippen LogP contribution in [0.15, 0.2) is 35.2 Å². The van der Waals surface area contributed by atoms with E-state index in [4.69, 9.17) is 0 Å². The number of aromatic amines is 1. The van der Waals surface area contributed by atoms with E-state index in [0.717, 1.165) is 24.1 Å². The van der Waals surface area contributed by atoms with Crippen LogP contribution in [-0.2, 0) is 21.9 Å². The molecule has 1 aromatic carbocycles. The van der Waals surface area contributed by atoms with Crippen molar-refractivity contribution < 1.29 is 8.42 Å². The number of hydrogen-bond donors (Lipinski definition) is 2. The van der Waals surface area contributed by atoms with E-state index in [9.17, 15) is 8.42 Å². The summed E-state index contributed by atoms with van der Waals surface area (Å²) in [6.45, 7) is 8.19. The number of hydrogen-bond acceptors (Lipinski definition) is 3. The lowest BCUT2D eigenvalue weighted by Gasteiger charge is -2.14. The maximum absolute atomic E-state index is 12.4. The summed E-state index contributed by atoms with van der Waals surface area (Å²) < 4.78 is 27.2. The van der Waals surface area contributed by atoms with Crippen LogP contribution in [0.1, 0.15) is 45.4 Å². The molecule has 22 heavy (non-hydrogen) atoms. The van der Waals surface area contributed by atoms with Crippen LogP contribution in [0.4, 0.5) is 5.82 Å². The smallest absolute Gasteiger partial charge is 0.263 e. The molecule has 0 spiro atoms. The van der Waals surface area contributed by atoms with E-state index in [1.807, 2.05) is 32.9 Å². The molecule has 2 aromatic rings. The van der Waals surface area contributed by atoms with Crippen LogP contribution < -0.4 is 4.72 Å². The highest BCUT2D eigenvalue weighted by Gasteiger charge is 2.20. The Hall–Kier alpha value is -1.82. The Kier molecular flexibility index (Phi) is 4.60. The third-order valence-corrected chi connectivity index (χ3v) is 4.77. The lowest BCUT2D eigenvalue weighted by atomic mass is 9.92. The van der Waals surface area contributed by atoms with E-state index in [0.29, 0.717) is 5.82 Å². The molecule has 0 aliphatic carbocycles. The molecule has 0 saturated carbocycles. The first-order valence-corrected chi connectivity index (χ1v) is 8.88. The lowest BCUT2D eigenvalue weighted by Crippen LogP contribution is -2.13. The van der Waals surface area contributed by atoms with Crippen LogP contribution in [0.5, 0.6) is 0 Å². The Morgan fingerprint density at radius 3 is 2.32 bits per heavy atom. The van der Waals surface area contributed by atoms with Gasteiger partial charge < -0.3 is 0 Å².